The van der Waals surface area contributed by atoms with E-state index in [2.05, 4.69) is 20.9 Å². The van der Waals surface area contributed by atoms with Gasteiger partial charge in [-0.25, -0.2) is 9.78 Å². The number of rotatable bonds is 5. The van der Waals surface area contributed by atoms with Crippen LogP contribution >= 0.6 is 22.9 Å². The second-order valence-corrected chi connectivity index (χ2v) is 6.72. The molecule has 3 aromatic rings. The van der Waals surface area contributed by atoms with E-state index in [0.29, 0.717) is 32.2 Å². The number of nitrogens with one attached hydrogen (secondary N) is 3. The predicted octanol–water partition coefficient (Wildman–Crippen LogP) is 4.27. The van der Waals surface area contributed by atoms with Gasteiger partial charge in [-0.2, -0.15) is 0 Å². The SMILES string of the molecule is Cc1nc(NC(=O)Nc2ccc(Cl)cc2)sc1C(=O)NCc1ccco1. The Morgan fingerprint density at radius 3 is 2.65 bits per heavy atom. The fraction of sp³-hybridized carbons (Fsp3) is 0.118. The Labute approximate surface area is 158 Å². The third-order valence-electron chi connectivity index (χ3n) is 3.33. The van der Waals surface area contributed by atoms with Crippen molar-refractivity contribution in [1.82, 2.24) is 10.3 Å². The summed E-state index contributed by atoms with van der Waals surface area (Å²) in [6, 6.07) is 9.78. The molecule has 0 spiro atoms. The number of halogens is 1. The molecular weight excluding hydrogens is 376 g/mol. The van der Waals surface area contributed by atoms with Gasteiger partial charge in [0.25, 0.3) is 5.91 Å². The molecule has 2 heterocycles. The number of anilines is 2. The van der Waals surface area contributed by atoms with Crippen molar-refractivity contribution in [2.24, 2.45) is 0 Å². The van der Waals surface area contributed by atoms with E-state index in [1.54, 1.807) is 49.6 Å². The lowest BCUT2D eigenvalue weighted by atomic mass is 10.3. The van der Waals surface area contributed by atoms with Gasteiger partial charge >= 0.3 is 6.03 Å². The molecule has 0 saturated carbocycles. The largest absolute Gasteiger partial charge is 0.467 e. The number of hydrogen-bond donors (Lipinski definition) is 3. The summed E-state index contributed by atoms with van der Waals surface area (Å²) in [5.74, 6) is 0.378. The smallest absolute Gasteiger partial charge is 0.325 e. The van der Waals surface area contributed by atoms with Crippen molar-refractivity contribution in [1.29, 1.82) is 0 Å². The zero-order valence-electron chi connectivity index (χ0n) is 13.7. The van der Waals surface area contributed by atoms with Crippen LogP contribution in [0.5, 0.6) is 0 Å². The maximum absolute atomic E-state index is 12.3. The summed E-state index contributed by atoms with van der Waals surface area (Å²) in [5, 5.41) is 8.94. The third kappa shape index (κ3) is 4.62. The highest BCUT2D eigenvalue weighted by molar-refractivity contribution is 7.17. The number of carbonyl (C=O) groups excluding carboxylic acids is 2. The molecule has 3 amide bonds. The van der Waals surface area contributed by atoms with Crippen LogP contribution in [0.15, 0.2) is 47.1 Å². The quantitative estimate of drug-likeness (QED) is 0.606. The van der Waals surface area contributed by atoms with Gasteiger partial charge in [0.05, 0.1) is 18.5 Å². The number of aromatic nitrogens is 1. The van der Waals surface area contributed by atoms with Gasteiger partial charge in [-0.15, -0.1) is 0 Å². The Hall–Kier alpha value is -2.84. The van der Waals surface area contributed by atoms with Gasteiger partial charge in [-0.1, -0.05) is 22.9 Å². The summed E-state index contributed by atoms with van der Waals surface area (Å²) >= 11 is 6.90. The first-order valence-corrected chi connectivity index (χ1v) is 8.82. The van der Waals surface area contributed by atoms with Gasteiger partial charge in [-0.05, 0) is 43.3 Å². The van der Waals surface area contributed by atoms with Crippen molar-refractivity contribution >= 4 is 45.7 Å². The standard InChI is InChI=1S/C17H15ClN4O3S/c1-10-14(15(23)19-9-13-3-2-8-25-13)26-17(20-10)22-16(24)21-12-6-4-11(18)5-7-12/h2-8H,9H2,1H3,(H,19,23)(H2,20,21,22,24). The lowest BCUT2D eigenvalue weighted by Gasteiger charge is -2.05. The van der Waals surface area contributed by atoms with E-state index in [-0.39, 0.29) is 12.5 Å². The molecule has 7 nitrogen and oxygen atoms in total. The van der Waals surface area contributed by atoms with Crippen LogP contribution in [0.2, 0.25) is 5.02 Å². The van der Waals surface area contributed by atoms with Crippen LogP contribution in [0.4, 0.5) is 15.6 Å². The number of benzene rings is 1. The van der Waals surface area contributed by atoms with Crippen molar-refractivity contribution in [2.45, 2.75) is 13.5 Å². The Morgan fingerprint density at radius 1 is 1.19 bits per heavy atom. The zero-order valence-corrected chi connectivity index (χ0v) is 15.3. The zero-order chi connectivity index (χ0) is 18.5. The fourth-order valence-electron chi connectivity index (χ4n) is 2.11. The number of aryl methyl sites for hydroxylation is 1. The average molecular weight is 391 g/mol. The van der Waals surface area contributed by atoms with Crippen molar-refractivity contribution in [3.05, 3.63) is 64.0 Å². The molecule has 0 bridgehead atoms. The van der Waals surface area contributed by atoms with Crippen LogP contribution < -0.4 is 16.0 Å². The minimum absolute atomic E-state index is 0.275. The molecule has 0 saturated heterocycles. The van der Waals surface area contributed by atoms with Crippen LogP contribution in [-0.2, 0) is 6.54 Å². The average Bonchev–Trinajstić information content (AvgIpc) is 3.24. The van der Waals surface area contributed by atoms with E-state index < -0.39 is 6.03 Å². The van der Waals surface area contributed by atoms with Gasteiger partial charge in [0.15, 0.2) is 5.13 Å². The second kappa shape index (κ2) is 8.03. The molecule has 0 unspecified atom stereocenters. The first-order chi connectivity index (χ1) is 12.5. The van der Waals surface area contributed by atoms with Gasteiger partial charge in [0.2, 0.25) is 0 Å². The Morgan fingerprint density at radius 2 is 1.96 bits per heavy atom. The third-order valence-corrected chi connectivity index (χ3v) is 4.65. The number of hydrogen-bond acceptors (Lipinski definition) is 5. The molecule has 134 valence electrons. The van der Waals surface area contributed by atoms with Gasteiger partial charge in [0, 0.05) is 10.7 Å². The molecule has 1 aromatic carbocycles. The Kier molecular flexibility index (Phi) is 5.55. The van der Waals surface area contributed by atoms with Crippen molar-refractivity contribution in [3.63, 3.8) is 0 Å². The minimum Gasteiger partial charge on any atom is -0.467 e. The van der Waals surface area contributed by atoms with Crippen LogP contribution in [0, 0.1) is 6.92 Å². The molecule has 3 rings (SSSR count). The monoisotopic (exact) mass is 390 g/mol. The van der Waals surface area contributed by atoms with Gasteiger partial charge in [0.1, 0.15) is 10.6 Å². The van der Waals surface area contributed by atoms with Gasteiger partial charge < -0.3 is 15.1 Å². The van der Waals surface area contributed by atoms with E-state index in [0.717, 1.165) is 11.3 Å². The highest BCUT2D eigenvalue weighted by Gasteiger charge is 2.16. The Bertz CT molecular complexity index is 907. The summed E-state index contributed by atoms with van der Waals surface area (Å²) in [4.78, 5) is 28.9. The lowest BCUT2D eigenvalue weighted by molar-refractivity contribution is 0.0951. The highest BCUT2D eigenvalue weighted by atomic mass is 35.5. The molecule has 2 aromatic heterocycles. The first-order valence-electron chi connectivity index (χ1n) is 7.63. The summed E-state index contributed by atoms with van der Waals surface area (Å²) < 4.78 is 5.17. The lowest BCUT2D eigenvalue weighted by Crippen LogP contribution is -2.22. The fourth-order valence-corrected chi connectivity index (χ4v) is 3.12. The summed E-state index contributed by atoms with van der Waals surface area (Å²) in [7, 11) is 0. The number of amides is 3. The van der Waals surface area contributed by atoms with E-state index >= 15 is 0 Å². The highest BCUT2D eigenvalue weighted by Crippen LogP contribution is 2.23. The summed E-state index contributed by atoms with van der Waals surface area (Å²) in [5.41, 5.74) is 1.13. The maximum atomic E-state index is 12.3. The number of thiazole rings is 1. The van der Waals surface area contributed by atoms with Crippen molar-refractivity contribution < 1.29 is 14.0 Å². The minimum atomic E-state index is -0.455. The molecular formula is C17H15ClN4O3S. The van der Waals surface area contributed by atoms with Crippen LogP contribution in [0.25, 0.3) is 0 Å². The van der Waals surface area contributed by atoms with Crippen LogP contribution in [0.1, 0.15) is 21.1 Å². The van der Waals surface area contributed by atoms with E-state index in [4.69, 9.17) is 16.0 Å². The molecule has 0 radical (unpaired) electrons. The Balaban J connectivity index is 1.59. The van der Waals surface area contributed by atoms with E-state index in [9.17, 15) is 9.59 Å². The molecule has 9 heteroatoms. The topological polar surface area (TPSA) is 96.3 Å². The summed E-state index contributed by atoms with van der Waals surface area (Å²) in [6.45, 7) is 1.99. The number of carbonyl (C=O) groups is 2. The molecule has 0 aliphatic carbocycles. The molecule has 0 aliphatic heterocycles. The summed E-state index contributed by atoms with van der Waals surface area (Å²) in [6.07, 6.45) is 1.54. The maximum Gasteiger partial charge on any atom is 0.325 e. The number of furan rings is 1. The number of urea groups is 1. The van der Waals surface area contributed by atoms with E-state index in [1.165, 1.54) is 0 Å². The van der Waals surface area contributed by atoms with Crippen molar-refractivity contribution in [3.8, 4) is 0 Å². The molecule has 26 heavy (non-hydrogen) atoms. The predicted molar refractivity (Wildman–Crippen MR) is 101 cm³/mol. The first kappa shape index (κ1) is 18.0. The molecule has 0 aliphatic rings. The van der Waals surface area contributed by atoms with E-state index in [1.807, 2.05) is 0 Å². The molecule has 3 N–H and O–H groups in total. The van der Waals surface area contributed by atoms with Gasteiger partial charge in [-0.3, -0.25) is 10.1 Å². The molecule has 0 atom stereocenters. The van der Waals surface area contributed by atoms with Crippen molar-refractivity contribution in [2.75, 3.05) is 10.6 Å². The molecule has 0 fully saturated rings. The second-order valence-electron chi connectivity index (χ2n) is 5.28. The van der Waals surface area contributed by atoms with Crippen LogP contribution in [-0.4, -0.2) is 16.9 Å². The van der Waals surface area contributed by atoms with Crippen LogP contribution in [0.3, 0.4) is 0 Å². The number of nitrogens with zero attached hydrogens (tertiary/aromatic N) is 1. The normalized spacial score (nSPS) is 10.4.